The van der Waals surface area contributed by atoms with Crippen LogP contribution >= 0.6 is 0 Å². The number of nitrogens with two attached hydrogens (primary N) is 2. The Bertz CT molecular complexity index is 1110. The van der Waals surface area contributed by atoms with E-state index in [2.05, 4.69) is 55.8 Å². The summed E-state index contributed by atoms with van der Waals surface area (Å²) in [6.45, 7) is 7.45. The van der Waals surface area contributed by atoms with Gasteiger partial charge in [0.25, 0.3) is 0 Å². The summed E-state index contributed by atoms with van der Waals surface area (Å²) >= 11 is 0. The Labute approximate surface area is 205 Å². The lowest BCUT2D eigenvalue weighted by atomic mass is 9.84. The van der Waals surface area contributed by atoms with Gasteiger partial charge in [0, 0.05) is 38.3 Å². The second-order valence-corrected chi connectivity index (χ2v) is 10.1. The molecule has 5 heteroatoms. The highest BCUT2D eigenvalue weighted by Gasteiger charge is 2.20. The molecule has 0 radical (unpaired) electrons. The van der Waals surface area contributed by atoms with E-state index in [9.17, 15) is 0 Å². The molecule has 0 saturated heterocycles. The molecule has 0 spiro atoms. The molecule has 1 aromatic heterocycles. The van der Waals surface area contributed by atoms with Crippen molar-refractivity contribution in [2.24, 2.45) is 11.8 Å². The SMILES string of the molecule is CCC(c1ccc(C)c(Cn2ccnc2CC2CCCCC2)c1)c1ccc(N(C)N)c(N)c1C. The van der Waals surface area contributed by atoms with Crippen molar-refractivity contribution in [2.75, 3.05) is 17.8 Å². The molecular weight excluding hydrogens is 418 g/mol. The standard InChI is InChI=1S/C29H41N5/c1-5-25(26-13-14-27(33(4)31)29(30)21(26)3)23-12-11-20(2)24(18-23)19-34-16-15-32-28(34)17-22-9-7-6-8-10-22/h11-16,18,22,25H,5-10,17,19,30-31H2,1-4H3. The minimum atomic E-state index is 0.295. The van der Waals surface area contributed by atoms with Crippen LogP contribution in [-0.4, -0.2) is 16.6 Å². The average molecular weight is 460 g/mol. The Morgan fingerprint density at radius 2 is 1.88 bits per heavy atom. The van der Waals surface area contributed by atoms with Gasteiger partial charge in [0.2, 0.25) is 0 Å². The van der Waals surface area contributed by atoms with Gasteiger partial charge in [-0.05, 0) is 60.1 Å². The summed E-state index contributed by atoms with van der Waals surface area (Å²) in [7, 11) is 1.83. The molecule has 1 aliphatic rings. The number of benzene rings is 2. The zero-order chi connectivity index (χ0) is 24.2. The monoisotopic (exact) mass is 459 g/mol. The Morgan fingerprint density at radius 3 is 2.59 bits per heavy atom. The molecular formula is C29H41N5. The van der Waals surface area contributed by atoms with E-state index in [4.69, 9.17) is 16.6 Å². The fraction of sp³-hybridized carbons (Fsp3) is 0.483. The van der Waals surface area contributed by atoms with Crippen LogP contribution in [0.25, 0.3) is 0 Å². The molecule has 1 aliphatic carbocycles. The van der Waals surface area contributed by atoms with Crippen LogP contribution in [0.2, 0.25) is 0 Å². The van der Waals surface area contributed by atoms with Crippen LogP contribution in [0, 0.1) is 19.8 Å². The van der Waals surface area contributed by atoms with Crippen LogP contribution < -0.4 is 16.6 Å². The highest BCUT2D eigenvalue weighted by Crippen LogP contribution is 2.36. The van der Waals surface area contributed by atoms with Crippen LogP contribution in [0.3, 0.4) is 0 Å². The van der Waals surface area contributed by atoms with Crippen molar-refractivity contribution in [3.05, 3.63) is 76.4 Å². The van der Waals surface area contributed by atoms with Crippen LogP contribution in [-0.2, 0) is 13.0 Å². The van der Waals surface area contributed by atoms with Crippen molar-refractivity contribution in [1.29, 1.82) is 0 Å². The van der Waals surface area contributed by atoms with Crippen LogP contribution in [0.1, 0.15) is 85.0 Å². The number of imidazole rings is 1. The van der Waals surface area contributed by atoms with Gasteiger partial charge < -0.3 is 15.3 Å². The smallest absolute Gasteiger partial charge is 0.109 e. The summed E-state index contributed by atoms with van der Waals surface area (Å²) in [6, 6.07) is 11.2. The van der Waals surface area contributed by atoms with Gasteiger partial charge in [-0.1, -0.05) is 63.3 Å². The molecule has 1 unspecified atom stereocenters. The number of aryl methyl sites for hydroxylation is 1. The van der Waals surface area contributed by atoms with Crippen molar-refractivity contribution >= 4 is 11.4 Å². The van der Waals surface area contributed by atoms with Crippen molar-refractivity contribution < 1.29 is 0 Å². The predicted octanol–water partition coefficient (Wildman–Crippen LogP) is 6.11. The lowest BCUT2D eigenvalue weighted by Gasteiger charge is -2.24. The van der Waals surface area contributed by atoms with Crippen LogP contribution in [0.5, 0.6) is 0 Å². The zero-order valence-electron chi connectivity index (χ0n) is 21.3. The first-order valence-corrected chi connectivity index (χ1v) is 12.9. The summed E-state index contributed by atoms with van der Waals surface area (Å²) in [5.41, 5.74) is 14.5. The molecule has 4 N–H and O–H groups in total. The number of aromatic nitrogens is 2. The van der Waals surface area contributed by atoms with E-state index in [1.54, 1.807) is 5.01 Å². The fourth-order valence-corrected chi connectivity index (χ4v) is 5.64. The maximum absolute atomic E-state index is 6.46. The molecule has 3 aromatic rings. The highest BCUT2D eigenvalue weighted by atomic mass is 15.4. The van der Waals surface area contributed by atoms with Gasteiger partial charge in [-0.2, -0.15) is 0 Å². The number of nitrogen functional groups attached to an aromatic ring is 1. The lowest BCUT2D eigenvalue weighted by Crippen LogP contribution is -2.26. The number of rotatable bonds is 8. The Balaban J connectivity index is 1.60. The molecule has 4 rings (SSSR count). The third-order valence-electron chi connectivity index (χ3n) is 7.81. The molecule has 182 valence electrons. The van der Waals surface area contributed by atoms with E-state index in [0.717, 1.165) is 42.2 Å². The summed E-state index contributed by atoms with van der Waals surface area (Å²) < 4.78 is 2.36. The lowest BCUT2D eigenvalue weighted by molar-refractivity contribution is 0.348. The summed E-state index contributed by atoms with van der Waals surface area (Å²) in [5.74, 6) is 8.28. The van der Waals surface area contributed by atoms with Crippen molar-refractivity contribution in [2.45, 2.75) is 78.2 Å². The van der Waals surface area contributed by atoms with Gasteiger partial charge in [0.1, 0.15) is 5.82 Å². The van der Waals surface area contributed by atoms with Crippen LogP contribution in [0.4, 0.5) is 11.4 Å². The predicted molar refractivity (Wildman–Crippen MR) is 143 cm³/mol. The van der Waals surface area contributed by atoms with E-state index in [1.165, 1.54) is 60.2 Å². The molecule has 1 atom stereocenters. The van der Waals surface area contributed by atoms with Gasteiger partial charge in [0.05, 0.1) is 11.4 Å². The molecule has 1 heterocycles. The molecule has 1 saturated carbocycles. The van der Waals surface area contributed by atoms with Crippen molar-refractivity contribution in [3.63, 3.8) is 0 Å². The van der Waals surface area contributed by atoms with Gasteiger partial charge >= 0.3 is 0 Å². The zero-order valence-corrected chi connectivity index (χ0v) is 21.3. The normalized spacial score (nSPS) is 15.4. The largest absolute Gasteiger partial charge is 0.397 e. The quantitative estimate of drug-likeness (QED) is 0.242. The molecule has 34 heavy (non-hydrogen) atoms. The minimum absolute atomic E-state index is 0.295. The van der Waals surface area contributed by atoms with Gasteiger partial charge in [-0.3, -0.25) is 0 Å². The third-order valence-corrected chi connectivity index (χ3v) is 7.81. The van der Waals surface area contributed by atoms with Gasteiger partial charge in [-0.15, -0.1) is 0 Å². The van der Waals surface area contributed by atoms with E-state index in [0.29, 0.717) is 5.92 Å². The Hall–Kier alpha value is -2.79. The molecule has 2 aromatic carbocycles. The third kappa shape index (κ3) is 5.15. The Kier molecular flexibility index (Phi) is 7.62. The number of hydrogen-bond acceptors (Lipinski definition) is 4. The molecule has 1 fully saturated rings. The van der Waals surface area contributed by atoms with E-state index in [1.807, 2.05) is 19.3 Å². The second-order valence-electron chi connectivity index (χ2n) is 10.1. The first-order valence-electron chi connectivity index (χ1n) is 12.9. The fourth-order valence-electron chi connectivity index (χ4n) is 5.64. The summed E-state index contributed by atoms with van der Waals surface area (Å²) in [6.07, 6.45) is 13.1. The number of hydrazine groups is 1. The number of hydrogen-bond donors (Lipinski definition) is 2. The molecule has 0 amide bonds. The van der Waals surface area contributed by atoms with Crippen molar-refractivity contribution in [3.8, 4) is 0 Å². The molecule has 0 aliphatic heterocycles. The van der Waals surface area contributed by atoms with Gasteiger partial charge in [-0.25, -0.2) is 10.8 Å². The van der Waals surface area contributed by atoms with E-state index < -0.39 is 0 Å². The average Bonchev–Trinajstić information content (AvgIpc) is 3.26. The summed E-state index contributed by atoms with van der Waals surface area (Å²) in [5, 5.41) is 1.59. The number of anilines is 2. The first-order chi connectivity index (χ1) is 16.4. The highest BCUT2D eigenvalue weighted by molar-refractivity contribution is 5.72. The second kappa shape index (κ2) is 10.6. The molecule has 0 bridgehead atoms. The minimum Gasteiger partial charge on any atom is -0.397 e. The van der Waals surface area contributed by atoms with Gasteiger partial charge in [0.15, 0.2) is 0 Å². The maximum atomic E-state index is 6.46. The van der Waals surface area contributed by atoms with Crippen molar-refractivity contribution in [1.82, 2.24) is 9.55 Å². The Morgan fingerprint density at radius 1 is 1.12 bits per heavy atom. The van der Waals surface area contributed by atoms with E-state index in [-0.39, 0.29) is 0 Å². The molecule has 5 nitrogen and oxygen atoms in total. The number of nitrogens with zero attached hydrogens (tertiary/aromatic N) is 3. The maximum Gasteiger partial charge on any atom is 0.109 e. The first kappa shape index (κ1) is 24.3. The van der Waals surface area contributed by atoms with Crippen LogP contribution in [0.15, 0.2) is 42.7 Å². The van der Waals surface area contributed by atoms with E-state index >= 15 is 0 Å². The summed E-state index contributed by atoms with van der Waals surface area (Å²) in [4.78, 5) is 4.74. The topological polar surface area (TPSA) is 73.1 Å².